The van der Waals surface area contributed by atoms with Gasteiger partial charge in [-0.2, -0.15) is 10.2 Å². The first kappa shape index (κ1) is 21.9. The second kappa shape index (κ2) is 9.49. The number of halogens is 1. The quantitative estimate of drug-likeness (QED) is 0.548. The van der Waals surface area contributed by atoms with Crippen molar-refractivity contribution < 1.29 is 14.3 Å². The van der Waals surface area contributed by atoms with Gasteiger partial charge in [-0.1, -0.05) is 35.9 Å². The van der Waals surface area contributed by atoms with Crippen molar-refractivity contribution in [1.82, 2.24) is 15.1 Å². The maximum absolute atomic E-state index is 13.4. The van der Waals surface area contributed by atoms with Crippen molar-refractivity contribution in [3.63, 3.8) is 0 Å². The van der Waals surface area contributed by atoms with E-state index in [1.54, 1.807) is 6.20 Å². The van der Waals surface area contributed by atoms with Crippen LogP contribution in [0.4, 0.5) is 0 Å². The highest BCUT2D eigenvalue weighted by Crippen LogP contribution is 2.37. The average molecular weight is 464 g/mol. The molecule has 33 heavy (non-hydrogen) atoms. The predicted molar refractivity (Wildman–Crippen MR) is 127 cm³/mol. The van der Waals surface area contributed by atoms with Crippen LogP contribution < -0.4 is 4.74 Å². The Morgan fingerprint density at radius 3 is 2.76 bits per heavy atom. The molecule has 3 heterocycles. The maximum Gasteiger partial charge on any atom is 0.257 e. The van der Waals surface area contributed by atoms with Gasteiger partial charge in [-0.15, -0.1) is 0 Å². The molecule has 1 saturated heterocycles. The number of rotatable bonds is 5. The Morgan fingerprint density at radius 1 is 1.18 bits per heavy atom. The van der Waals surface area contributed by atoms with Crippen molar-refractivity contribution in [2.45, 2.75) is 32.3 Å². The second-order valence-electron chi connectivity index (χ2n) is 8.57. The summed E-state index contributed by atoms with van der Waals surface area (Å²) in [6.45, 7) is 4.29. The van der Waals surface area contributed by atoms with Crippen LogP contribution in [0.25, 0.3) is 11.3 Å². The van der Waals surface area contributed by atoms with Crippen molar-refractivity contribution in [1.29, 1.82) is 0 Å². The van der Waals surface area contributed by atoms with Gasteiger partial charge in [-0.3, -0.25) is 4.79 Å². The fraction of sp³-hybridized carbons (Fsp3) is 0.346. The number of hydrogen-bond acceptors (Lipinski definition) is 5. The molecule has 0 bridgehead atoms. The van der Waals surface area contributed by atoms with E-state index >= 15 is 0 Å². The number of aromatic nitrogens is 2. The third-order valence-corrected chi connectivity index (χ3v) is 6.82. The largest absolute Gasteiger partial charge is 0.489 e. The topological polar surface area (TPSA) is 64.6 Å². The predicted octanol–water partition coefficient (Wildman–Crippen LogP) is 4.71. The number of amides is 1. The van der Waals surface area contributed by atoms with Gasteiger partial charge in [-0.05, 0) is 61.1 Å². The number of nitrogens with zero attached hydrogens (tertiary/aromatic N) is 3. The molecule has 3 aromatic rings. The first-order valence-electron chi connectivity index (χ1n) is 11.3. The fourth-order valence-electron chi connectivity index (χ4n) is 4.47. The van der Waals surface area contributed by atoms with Crippen LogP contribution in [0, 0.1) is 6.92 Å². The fourth-order valence-corrected chi connectivity index (χ4v) is 4.75. The number of ether oxygens (including phenoxy) is 2. The summed E-state index contributed by atoms with van der Waals surface area (Å²) in [6.07, 6.45) is 4.46. The van der Waals surface area contributed by atoms with E-state index in [0.717, 1.165) is 47.4 Å². The zero-order chi connectivity index (χ0) is 22.8. The molecule has 0 radical (unpaired) electrons. The van der Waals surface area contributed by atoms with Crippen LogP contribution in [-0.2, 0) is 11.2 Å². The molecule has 1 aromatic heterocycles. The normalized spacial score (nSPS) is 18.1. The molecule has 6 nitrogen and oxygen atoms in total. The smallest absolute Gasteiger partial charge is 0.257 e. The molecule has 1 unspecified atom stereocenters. The molecular formula is C26H26ClN3O3. The average Bonchev–Trinajstić information content (AvgIpc) is 3.31. The lowest BCUT2D eigenvalue weighted by molar-refractivity contribution is 0.0519. The Hall–Kier alpha value is -2.96. The van der Waals surface area contributed by atoms with Gasteiger partial charge in [-0.25, -0.2) is 0 Å². The lowest BCUT2D eigenvalue weighted by Crippen LogP contribution is -2.38. The van der Waals surface area contributed by atoms with Gasteiger partial charge in [0.2, 0.25) is 0 Å². The Labute approximate surface area is 198 Å². The molecular weight excluding hydrogens is 438 g/mol. The molecule has 2 aliphatic heterocycles. The lowest BCUT2D eigenvalue weighted by atomic mass is 9.96. The third-order valence-electron chi connectivity index (χ3n) is 6.36. The van der Waals surface area contributed by atoms with Crippen LogP contribution in [0.2, 0.25) is 5.02 Å². The first-order chi connectivity index (χ1) is 16.1. The van der Waals surface area contributed by atoms with Gasteiger partial charge in [0.1, 0.15) is 6.61 Å². The van der Waals surface area contributed by atoms with E-state index in [1.165, 1.54) is 0 Å². The van der Waals surface area contributed by atoms with Crippen LogP contribution in [0.5, 0.6) is 5.75 Å². The van der Waals surface area contributed by atoms with Crippen molar-refractivity contribution >= 4 is 17.5 Å². The van der Waals surface area contributed by atoms with Crippen molar-refractivity contribution in [3.05, 3.63) is 75.9 Å². The molecule has 5 rings (SSSR count). The monoisotopic (exact) mass is 463 g/mol. The molecule has 2 aliphatic rings. The summed E-state index contributed by atoms with van der Waals surface area (Å²) in [5, 5.41) is 8.63. The molecule has 1 amide bonds. The summed E-state index contributed by atoms with van der Waals surface area (Å²) in [6, 6.07) is 14.0. The number of carbonyl (C=O) groups is 1. The van der Waals surface area contributed by atoms with Crippen LogP contribution in [0.3, 0.4) is 0 Å². The Kier molecular flexibility index (Phi) is 6.29. The summed E-state index contributed by atoms with van der Waals surface area (Å²) < 4.78 is 11.7. The highest BCUT2D eigenvalue weighted by atomic mass is 35.5. The zero-order valence-electron chi connectivity index (χ0n) is 18.6. The molecule has 2 aromatic carbocycles. The molecule has 0 spiro atoms. The first-order valence-corrected chi connectivity index (χ1v) is 11.7. The summed E-state index contributed by atoms with van der Waals surface area (Å²) in [5.74, 6) is 0.454. The lowest BCUT2D eigenvalue weighted by Gasteiger charge is -2.23. The number of carbonyl (C=O) groups excluding carboxylic acids is 1. The van der Waals surface area contributed by atoms with E-state index in [0.29, 0.717) is 42.5 Å². The summed E-state index contributed by atoms with van der Waals surface area (Å²) >= 11 is 6.71. The van der Waals surface area contributed by atoms with Crippen LogP contribution in [-0.4, -0.2) is 53.4 Å². The standard InChI is InChI=1S/C26H26ClN3O3/c1-17-20(14-18-6-8-19(9-7-18)23-5-2-10-28-29-23)15-22-25(24(17)27)33-13-11-30(26(22)31)16-21-4-3-12-32-21/h2,5-10,15,21H,3-4,11-14,16H2,1H3. The van der Waals surface area contributed by atoms with E-state index in [2.05, 4.69) is 22.3 Å². The zero-order valence-corrected chi connectivity index (χ0v) is 19.3. The van der Waals surface area contributed by atoms with Crippen LogP contribution in [0.15, 0.2) is 48.7 Å². The van der Waals surface area contributed by atoms with E-state index in [-0.39, 0.29) is 12.0 Å². The molecule has 7 heteroatoms. The van der Waals surface area contributed by atoms with Crippen molar-refractivity contribution in [2.75, 3.05) is 26.3 Å². The molecule has 1 fully saturated rings. The van der Waals surface area contributed by atoms with Gasteiger partial charge >= 0.3 is 0 Å². The van der Waals surface area contributed by atoms with E-state index in [1.807, 2.05) is 42.2 Å². The minimum absolute atomic E-state index is 0.0425. The van der Waals surface area contributed by atoms with E-state index in [4.69, 9.17) is 21.1 Å². The van der Waals surface area contributed by atoms with Crippen LogP contribution >= 0.6 is 11.6 Å². The molecule has 0 N–H and O–H groups in total. The van der Waals surface area contributed by atoms with E-state index in [9.17, 15) is 4.79 Å². The number of fused-ring (bicyclic) bond motifs is 1. The van der Waals surface area contributed by atoms with Crippen LogP contribution in [0.1, 0.15) is 39.9 Å². The summed E-state index contributed by atoms with van der Waals surface area (Å²) in [5.41, 5.74) is 5.46. The SMILES string of the molecule is Cc1c(Cc2ccc(-c3cccnn3)cc2)cc2c(c1Cl)OCCN(CC1CCCO1)C2=O. The Bertz CT molecular complexity index is 1150. The minimum Gasteiger partial charge on any atom is -0.489 e. The Balaban J connectivity index is 1.41. The minimum atomic E-state index is -0.0425. The van der Waals surface area contributed by atoms with Gasteiger partial charge < -0.3 is 14.4 Å². The number of benzene rings is 2. The van der Waals surface area contributed by atoms with Crippen molar-refractivity contribution in [3.8, 4) is 17.0 Å². The Morgan fingerprint density at radius 2 is 2.03 bits per heavy atom. The highest BCUT2D eigenvalue weighted by Gasteiger charge is 2.30. The van der Waals surface area contributed by atoms with Crippen molar-refractivity contribution in [2.24, 2.45) is 0 Å². The third kappa shape index (κ3) is 4.59. The summed E-state index contributed by atoms with van der Waals surface area (Å²) in [7, 11) is 0. The highest BCUT2D eigenvalue weighted by molar-refractivity contribution is 6.33. The van der Waals surface area contributed by atoms with Gasteiger partial charge in [0.25, 0.3) is 5.91 Å². The van der Waals surface area contributed by atoms with Gasteiger partial charge in [0, 0.05) is 24.9 Å². The maximum atomic E-state index is 13.4. The van der Waals surface area contributed by atoms with Gasteiger partial charge in [0.15, 0.2) is 5.75 Å². The number of hydrogen-bond donors (Lipinski definition) is 0. The molecule has 0 saturated carbocycles. The second-order valence-corrected chi connectivity index (χ2v) is 8.95. The molecule has 1 atom stereocenters. The summed E-state index contributed by atoms with van der Waals surface area (Å²) in [4.78, 5) is 15.3. The van der Waals surface area contributed by atoms with E-state index < -0.39 is 0 Å². The molecule has 170 valence electrons. The molecule has 0 aliphatic carbocycles. The van der Waals surface area contributed by atoms with Gasteiger partial charge in [0.05, 0.1) is 28.9 Å².